The van der Waals surface area contributed by atoms with Gasteiger partial charge in [-0.25, -0.2) is 4.98 Å². The number of carbonyl (C=O) groups excluding carboxylic acids is 1. The van der Waals surface area contributed by atoms with E-state index in [4.69, 9.17) is 9.72 Å². The molecule has 1 amide bonds. The van der Waals surface area contributed by atoms with Crippen LogP contribution in [0.5, 0.6) is 5.75 Å². The van der Waals surface area contributed by atoms with Crippen molar-refractivity contribution in [3.63, 3.8) is 0 Å². The predicted molar refractivity (Wildman–Crippen MR) is 131 cm³/mol. The van der Waals surface area contributed by atoms with Crippen molar-refractivity contribution in [1.82, 2.24) is 9.88 Å². The predicted octanol–water partition coefficient (Wildman–Crippen LogP) is 5.19. The summed E-state index contributed by atoms with van der Waals surface area (Å²) in [5.74, 6) is 0.615. The molecule has 1 heterocycles. The lowest BCUT2D eigenvalue weighted by Gasteiger charge is -2.24. The van der Waals surface area contributed by atoms with Crippen molar-refractivity contribution in [3.05, 3.63) is 48.5 Å². The molecule has 162 valence electrons. The van der Waals surface area contributed by atoms with Gasteiger partial charge in [0.2, 0.25) is 0 Å². The number of thiazole rings is 1. The molecule has 0 aliphatic heterocycles. The maximum Gasteiger partial charge on any atom is 0.266 e. The van der Waals surface area contributed by atoms with Gasteiger partial charge in [0.05, 0.1) is 10.2 Å². The summed E-state index contributed by atoms with van der Waals surface area (Å²) in [6.45, 7) is 7.56. The van der Waals surface area contributed by atoms with Crippen LogP contribution in [0.4, 0.5) is 5.13 Å². The van der Waals surface area contributed by atoms with E-state index in [1.807, 2.05) is 42.7 Å². The first kappa shape index (κ1) is 24.5. The Hall–Kier alpha value is -1.80. The molecule has 0 saturated carbocycles. The molecule has 0 N–H and O–H groups in total. The lowest BCUT2D eigenvalue weighted by atomic mass is 10.3. The van der Waals surface area contributed by atoms with Gasteiger partial charge in [-0.2, -0.15) is 0 Å². The molecule has 2 aromatic carbocycles. The van der Waals surface area contributed by atoms with Gasteiger partial charge in [-0.15, -0.1) is 24.2 Å². The second kappa shape index (κ2) is 12.2. The average molecular weight is 466 g/mol. The highest BCUT2D eigenvalue weighted by Gasteiger charge is 2.21. The summed E-state index contributed by atoms with van der Waals surface area (Å²) >= 11 is 3.23. The van der Waals surface area contributed by atoms with E-state index >= 15 is 0 Å². The highest BCUT2D eigenvalue weighted by Crippen LogP contribution is 2.34. The molecule has 5 nitrogen and oxygen atoms in total. The molecule has 0 aliphatic carbocycles. The standard InChI is InChI=1S/C22H27N3O2S2.ClH/c1-4-24(5-2)14-15-25(20(26)16-27-17-10-7-6-8-11-17)22-23-21-18(28-3)12-9-13-19(21)29-22;/h6-13H,4-5,14-16H2,1-3H3;1H. The lowest BCUT2D eigenvalue weighted by Crippen LogP contribution is -2.41. The van der Waals surface area contributed by atoms with Crippen LogP contribution in [0.3, 0.4) is 0 Å². The molecule has 0 fully saturated rings. The van der Waals surface area contributed by atoms with Gasteiger partial charge in [0, 0.05) is 18.0 Å². The van der Waals surface area contributed by atoms with Crippen LogP contribution in [0.15, 0.2) is 53.4 Å². The number of para-hydroxylation sites is 2. The van der Waals surface area contributed by atoms with Crippen LogP contribution < -0.4 is 9.64 Å². The smallest absolute Gasteiger partial charge is 0.266 e. The zero-order valence-electron chi connectivity index (χ0n) is 17.5. The largest absolute Gasteiger partial charge is 0.484 e. The van der Waals surface area contributed by atoms with Crippen molar-refractivity contribution in [2.24, 2.45) is 0 Å². The van der Waals surface area contributed by atoms with Crippen LogP contribution in [0.25, 0.3) is 10.2 Å². The first-order valence-corrected chi connectivity index (χ1v) is 11.8. The second-order valence-corrected chi connectivity index (χ2v) is 8.33. The van der Waals surface area contributed by atoms with Crippen LogP contribution in [0, 0.1) is 0 Å². The van der Waals surface area contributed by atoms with E-state index in [0.717, 1.165) is 39.9 Å². The average Bonchev–Trinajstić information content (AvgIpc) is 3.20. The number of fused-ring (bicyclic) bond motifs is 1. The van der Waals surface area contributed by atoms with Gasteiger partial charge in [0.1, 0.15) is 5.75 Å². The monoisotopic (exact) mass is 465 g/mol. The molecule has 0 saturated heterocycles. The van der Waals surface area contributed by atoms with Crippen molar-refractivity contribution in [2.75, 3.05) is 43.9 Å². The quantitative estimate of drug-likeness (QED) is 0.385. The Balaban J connectivity index is 0.00000320. The van der Waals surface area contributed by atoms with E-state index in [9.17, 15) is 4.79 Å². The van der Waals surface area contributed by atoms with E-state index in [-0.39, 0.29) is 24.9 Å². The van der Waals surface area contributed by atoms with Gasteiger partial charge >= 0.3 is 0 Å². The maximum atomic E-state index is 13.1. The molecule has 3 rings (SSSR count). The summed E-state index contributed by atoms with van der Waals surface area (Å²) in [4.78, 5) is 23.1. The maximum absolute atomic E-state index is 13.1. The third-order valence-electron chi connectivity index (χ3n) is 4.76. The minimum Gasteiger partial charge on any atom is -0.484 e. The lowest BCUT2D eigenvalue weighted by molar-refractivity contribution is -0.120. The van der Waals surface area contributed by atoms with Crippen LogP contribution in [-0.4, -0.2) is 54.8 Å². The fourth-order valence-electron chi connectivity index (χ4n) is 3.04. The first-order chi connectivity index (χ1) is 14.2. The number of hydrogen-bond donors (Lipinski definition) is 0. The van der Waals surface area contributed by atoms with Crippen LogP contribution in [-0.2, 0) is 4.79 Å². The number of nitrogens with zero attached hydrogens (tertiary/aromatic N) is 3. The molecular weight excluding hydrogens is 438 g/mol. The van der Waals surface area contributed by atoms with Gasteiger partial charge in [0.15, 0.2) is 11.7 Å². The van der Waals surface area contributed by atoms with Crippen molar-refractivity contribution in [1.29, 1.82) is 0 Å². The summed E-state index contributed by atoms with van der Waals surface area (Å²) in [5, 5.41) is 0.732. The van der Waals surface area contributed by atoms with Crippen molar-refractivity contribution in [2.45, 2.75) is 18.7 Å². The van der Waals surface area contributed by atoms with Gasteiger partial charge in [-0.1, -0.05) is 49.4 Å². The SMILES string of the molecule is CCN(CC)CCN(C(=O)COc1ccccc1)c1nc2c(SC)cccc2s1.Cl. The van der Waals surface area contributed by atoms with E-state index in [1.165, 1.54) is 0 Å². The normalized spacial score (nSPS) is 10.8. The summed E-state index contributed by atoms with van der Waals surface area (Å²) in [5.41, 5.74) is 0.963. The number of anilines is 1. The molecule has 3 aromatic rings. The number of halogens is 1. The number of carbonyl (C=O) groups is 1. The topological polar surface area (TPSA) is 45.7 Å². The van der Waals surface area contributed by atoms with E-state index < -0.39 is 0 Å². The number of thioether (sulfide) groups is 1. The van der Waals surface area contributed by atoms with Gasteiger partial charge in [-0.3, -0.25) is 9.69 Å². The minimum absolute atomic E-state index is 0. The third-order valence-corrected chi connectivity index (χ3v) is 6.58. The Kier molecular flexibility index (Phi) is 9.91. The molecule has 0 radical (unpaired) electrons. The van der Waals surface area contributed by atoms with Crippen molar-refractivity contribution >= 4 is 56.8 Å². The van der Waals surface area contributed by atoms with Gasteiger partial charge < -0.3 is 9.64 Å². The zero-order valence-corrected chi connectivity index (χ0v) is 20.0. The van der Waals surface area contributed by atoms with Gasteiger partial charge in [-0.05, 0) is 43.6 Å². The number of rotatable bonds is 10. The molecular formula is C22H28ClN3O2S2. The fraction of sp³-hybridized carbons (Fsp3) is 0.364. The Bertz CT molecular complexity index is 933. The van der Waals surface area contributed by atoms with Crippen molar-refractivity contribution in [3.8, 4) is 5.75 Å². The number of hydrogen-bond acceptors (Lipinski definition) is 6. The molecule has 0 unspecified atom stereocenters. The number of amides is 1. The Labute approximate surface area is 192 Å². The first-order valence-electron chi connectivity index (χ1n) is 9.80. The molecule has 0 spiro atoms. The Morgan fingerprint density at radius 2 is 1.80 bits per heavy atom. The molecule has 0 aliphatic rings. The summed E-state index contributed by atoms with van der Waals surface area (Å²) in [6.07, 6.45) is 2.05. The minimum atomic E-state index is -0.0780. The van der Waals surface area contributed by atoms with E-state index in [0.29, 0.717) is 12.3 Å². The van der Waals surface area contributed by atoms with Crippen LogP contribution >= 0.6 is 35.5 Å². The number of benzene rings is 2. The number of likely N-dealkylation sites (N-methyl/N-ethyl adjacent to an activating group) is 1. The molecule has 8 heteroatoms. The van der Waals surface area contributed by atoms with Gasteiger partial charge in [0.25, 0.3) is 5.91 Å². The van der Waals surface area contributed by atoms with Crippen LogP contribution in [0.2, 0.25) is 0 Å². The van der Waals surface area contributed by atoms with E-state index in [1.54, 1.807) is 28.0 Å². The highest BCUT2D eigenvalue weighted by atomic mass is 35.5. The molecule has 1 aromatic heterocycles. The number of aromatic nitrogens is 1. The number of ether oxygens (including phenoxy) is 1. The molecule has 0 atom stereocenters. The zero-order chi connectivity index (χ0) is 20.6. The van der Waals surface area contributed by atoms with Crippen LogP contribution in [0.1, 0.15) is 13.8 Å². The third kappa shape index (κ3) is 6.11. The van der Waals surface area contributed by atoms with Crippen molar-refractivity contribution < 1.29 is 9.53 Å². The second-order valence-electron chi connectivity index (χ2n) is 6.48. The Morgan fingerprint density at radius 3 is 2.47 bits per heavy atom. The van der Waals surface area contributed by atoms with E-state index in [2.05, 4.69) is 30.9 Å². The Morgan fingerprint density at radius 1 is 1.07 bits per heavy atom. The fourth-order valence-corrected chi connectivity index (χ4v) is 4.70. The molecule has 0 bridgehead atoms. The summed E-state index contributed by atoms with van der Waals surface area (Å²) in [6, 6.07) is 15.6. The summed E-state index contributed by atoms with van der Waals surface area (Å²) in [7, 11) is 0. The highest BCUT2D eigenvalue weighted by molar-refractivity contribution is 7.98. The summed E-state index contributed by atoms with van der Waals surface area (Å²) < 4.78 is 6.81. The molecule has 30 heavy (non-hydrogen) atoms.